The second-order valence-corrected chi connectivity index (χ2v) is 9.79. The van der Waals surface area contributed by atoms with Crippen molar-refractivity contribution in [2.45, 2.75) is 32.8 Å². The lowest BCUT2D eigenvalue weighted by Crippen LogP contribution is -2.29. The van der Waals surface area contributed by atoms with Crippen molar-refractivity contribution in [2.24, 2.45) is 5.41 Å². The van der Waals surface area contributed by atoms with Crippen LogP contribution in [0, 0.1) is 8.99 Å². The van der Waals surface area contributed by atoms with Crippen molar-refractivity contribution in [1.82, 2.24) is 5.48 Å². The van der Waals surface area contributed by atoms with Gasteiger partial charge in [0.25, 0.3) is 5.91 Å². The molecule has 0 aliphatic carbocycles. The summed E-state index contributed by atoms with van der Waals surface area (Å²) < 4.78 is 6.82. The first-order chi connectivity index (χ1) is 16.2. The number of halogens is 1. The number of ether oxygens (including phenoxy) is 1. The molecule has 8 heteroatoms. The van der Waals surface area contributed by atoms with Gasteiger partial charge in [-0.2, -0.15) is 0 Å². The Morgan fingerprint density at radius 2 is 1.85 bits per heavy atom. The summed E-state index contributed by atoms with van der Waals surface area (Å²) in [6, 6.07) is 18.5. The minimum Gasteiger partial charge on any atom is -0.508 e. The van der Waals surface area contributed by atoms with Gasteiger partial charge >= 0.3 is 6.09 Å². The van der Waals surface area contributed by atoms with Crippen molar-refractivity contribution in [3.05, 3.63) is 81.9 Å². The van der Waals surface area contributed by atoms with E-state index in [-0.39, 0.29) is 5.75 Å². The zero-order valence-corrected chi connectivity index (χ0v) is 21.1. The van der Waals surface area contributed by atoms with Gasteiger partial charge in [-0.3, -0.25) is 15.3 Å². The highest BCUT2D eigenvalue weighted by Gasteiger charge is 2.35. The van der Waals surface area contributed by atoms with Crippen LogP contribution in [0.15, 0.2) is 72.8 Å². The van der Waals surface area contributed by atoms with E-state index in [4.69, 9.17) is 9.94 Å². The Morgan fingerprint density at radius 1 is 1.12 bits per heavy atom. The highest BCUT2D eigenvalue weighted by Crippen LogP contribution is 2.44. The van der Waals surface area contributed by atoms with E-state index in [1.165, 1.54) is 6.08 Å². The van der Waals surface area contributed by atoms with Crippen molar-refractivity contribution in [1.29, 1.82) is 0 Å². The van der Waals surface area contributed by atoms with E-state index in [1.807, 2.05) is 56.3 Å². The van der Waals surface area contributed by atoms with E-state index in [0.29, 0.717) is 24.1 Å². The van der Waals surface area contributed by atoms with Crippen LogP contribution >= 0.6 is 22.6 Å². The number of rotatable bonds is 8. The van der Waals surface area contributed by atoms with Gasteiger partial charge in [-0.05, 0) is 65.1 Å². The molecule has 34 heavy (non-hydrogen) atoms. The fraction of sp³-hybridized carbons (Fsp3) is 0.231. The van der Waals surface area contributed by atoms with Crippen LogP contribution in [0.3, 0.4) is 0 Å². The standard InChI is InChI=1S/C26H27IN2O5/c1-26(2,15-6-5-12-23(31)29-33)24(20-16-18(27)13-14-22(20)30)34-25(32)28-21-11-7-9-17-8-3-4-10-19(17)21/h3-5,7-14,16,24,30,33H,6,15H2,1-2H3,(H,28,32)(H,29,31)/b12-5+/t24-/m1/s1. The molecule has 3 aromatic rings. The molecular weight excluding hydrogens is 547 g/mol. The van der Waals surface area contributed by atoms with E-state index in [9.17, 15) is 14.7 Å². The number of phenolic OH excluding ortho intramolecular Hbond substituents is 1. The maximum atomic E-state index is 13.0. The Kier molecular flexibility index (Phi) is 8.51. The third kappa shape index (κ3) is 6.48. The predicted molar refractivity (Wildman–Crippen MR) is 140 cm³/mol. The van der Waals surface area contributed by atoms with Crippen LogP contribution in [0.25, 0.3) is 10.8 Å². The van der Waals surface area contributed by atoms with E-state index in [1.54, 1.807) is 29.8 Å². The smallest absolute Gasteiger partial charge is 0.412 e. The SMILES string of the molecule is CC(C)(CC/C=C/C(=O)NO)[C@H](OC(=O)Nc1cccc2ccccc12)c1cc(I)ccc1O. The summed E-state index contributed by atoms with van der Waals surface area (Å²) in [5.74, 6) is -0.581. The fourth-order valence-electron chi connectivity index (χ4n) is 3.77. The van der Waals surface area contributed by atoms with Gasteiger partial charge in [0, 0.05) is 26.0 Å². The number of aromatic hydroxyl groups is 1. The molecule has 0 unspecified atom stereocenters. The Labute approximate surface area is 211 Å². The number of benzene rings is 3. The van der Waals surface area contributed by atoms with Crippen molar-refractivity contribution in [3.63, 3.8) is 0 Å². The maximum absolute atomic E-state index is 13.0. The number of anilines is 1. The molecule has 0 aromatic heterocycles. The lowest BCUT2D eigenvalue weighted by molar-refractivity contribution is -0.124. The molecule has 1 atom stereocenters. The molecule has 2 amide bonds. The fourth-order valence-corrected chi connectivity index (χ4v) is 4.29. The van der Waals surface area contributed by atoms with Crippen molar-refractivity contribution < 1.29 is 24.6 Å². The Morgan fingerprint density at radius 3 is 2.62 bits per heavy atom. The second-order valence-electron chi connectivity index (χ2n) is 8.55. The largest absolute Gasteiger partial charge is 0.508 e. The van der Waals surface area contributed by atoms with Gasteiger partial charge in [-0.1, -0.05) is 56.3 Å². The predicted octanol–water partition coefficient (Wildman–Crippen LogP) is 6.31. The summed E-state index contributed by atoms with van der Waals surface area (Å²) in [5.41, 5.74) is 2.08. The highest BCUT2D eigenvalue weighted by molar-refractivity contribution is 14.1. The van der Waals surface area contributed by atoms with Gasteiger partial charge in [0.2, 0.25) is 0 Å². The first-order valence-electron chi connectivity index (χ1n) is 10.8. The van der Waals surface area contributed by atoms with Gasteiger partial charge in [-0.15, -0.1) is 0 Å². The average Bonchev–Trinajstić information content (AvgIpc) is 2.82. The molecule has 0 radical (unpaired) electrons. The van der Waals surface area contributed by atoms with E-state index in [2.05, 4.69) is 27.9 Å². The summed E-state index contributed by atoms with van der Waals surface area (Å²) in [6.45, 7) is 3.87. The topological polar surface area (TPSA) is 108 Å². The van der Waals surface area contributed by atoms with Crippen molar-refractivity contribution >= 4 is 51.1 Å². The van der Waals surface area contributed by atoms with Crippen LogP contribution in [0.5, 0.6) is 5.75 Å². The number of nitrogens with one attached hydrogen (secondary N) is 2. The first-order valence-corrected chi connectivity index (χ1v) is 11.8. The molecule has 0 bridgehead atoms. The van der Waals surface area contributed by atoms with Gasteiger partial charge in [0.05, 0.1) is 5.69 Å². The number of fused-ring (bicyclic) bond motifs is 1. The molecule has 4 N–H and O–H groups in total. The normalized spacial score (nSPS) is 12.5. The quantitative estimate of drug-likeness (QED) is 0.109. The summed E-state index contributed by atoms with van der Waals surface area (Å²) in [5, 5.41) is 23.9. The zero-order chi connectivity index (χ0) is 24.7. The Hall–Kier alpha value is -3.11. The molecule has 0 aliphatic heterocycles. The van der Waals surface area contributed by atoms with Crippen LogP contribution in [0.1, 0.15) is 38.4 Å². The maximum Gasteiger partial charge on any atom is 0.412 e. The summed E-state index contributed by atoms with van der Waals surface area (Å²) >= 11 is 2.15. The number of hydrogen-bond acceptors (Lipinski definition) is 5. The summed E-state index contributed by atoms with van der Waals surface area (Å²) in [7, 11) is 0. The Balaban J connectivity index is 1.86. The highest BCUT2D eigenvalue weighted by atomic mass is 127. The van der Waals surface area contributed by atoms with Crippen LogP contribution in [-0.4, -0.2) is 22.3 Å². The third-order valence-corrected chi connectivity index (χ3v) is 6.24. The average molecular weight is 574 g/mol. The zero-order valence-electron chi connectivity index (χ0n) is 18.9. The van der Waals surface area contributed by atoms with E-state index in [0.717, 1.165) is 14.3 Å². The van der Waals surface area contributed by atoms with Crippen molar-refractivity contribution in [3.8, 4) is 5.75 Å². The minimum absolute atomic E-state index is 0.0339. The number of hydroxylamine groups is 1. The molecule has 178 valence electrons. The van der Waals surface area contributed by atoms with Gasteiger partial charge < -0.3 is 9.84 Å². The molecule has 0 aliphatic rings. The molecule has 3 aromatic carbocycles. The molecular formula is C26H27IN2O5. The number of allylic oxidation sites excluding steroid dienone is 1. The monoisotopic (exact) mass is 574 g/mol. The molecule has 0 heterocycles. The van der Waals surface area contributed by atoms with Gasteiger partial charge in [-0.25, -0.2) is 10.3 Å². The minimum atomic E-state index is -0.766. The van der Waals surface area contributed by atoms with E-state index >= 15 is 0 Å². The summed E-state index contributed by atoms with van der Waals surface area (Å²) in [4.78, 5) is 24.3. The molecule has 0 spiro atoms. The number of amides is 2. The first kappa shape index (κ1) is 25.5. The number of hydrogen-bond donors (Lipinski definition) is 4. The lowest BCUT2D eigenvalue weighted by Gasteiger charge is -2.34. The number of carbonyl (C=O) groups excluding carboxylic acids is 2. The van der Waals surface area contributed by atoms with Gasteiger partial charge in [0.1, 0.15) is 11.9 Å². The molecule has 7 nitrogen and oxygen atoms in total. The second kappa shape index (κ2) is 11.3. The van der Waals surface area contributed by atoms with Gasteiger partial charge in [0.15, 0.2) is 0 Å². The molecule has 0 fully saturated rings. The number of carbonyl (C=O) groups is 2. The molecule has 3 rings (SSSR count). The molecule has 0 saturated heterocycles. The van der Waals surface area contributed by atoms with Crippen LogP contribution in [0.4, 0.5) is 10.5 Å². The third-order valence-electron chi connectivity index (χ3n) is 5.57. The van der Waals surface area contributed by atoms with Crippen LogP contribution in [-0.2, 0) is 9.53 Å². The summed E-state index contributed by atoms with van der Waals surface area (Å²) in [6.07, 6.45) is 2.51. The van der Waals surface area contributed by atoms with Crippen LogP contribution < -0.4 is 10.8 Å². The van der Waals surface area contributed by atoms with Crippen LogP contribution in [0.2, 0.25) is 0 Å². The lowest BCUT2D eigenvalue weighted by atomic mass is 9.78. The van der Waals surface area contributed by atoms with E-state index < -0.39 is 23.5 Å². The molecule has 0 saturated carbocycles. The van der Waals surface area contributed by atoms with Crippen molar-refractivity contribution in [2.75, 3.05) is 5.32 Å². The number of phenols is 1. The Bertz CT molecular complexity index is 1200.